The van der Waals surface area contributed by atoms with Crippen LogP contribution in [-0.2, 0) is 14.4 Å². The Morgan fingerprint density at radius 1 is 1.50 bits per heavy atom. The Morgan fingerprint density at radius 3 is 3.04 bits per heavy atom. The normalized spacial score (nSPS) is 25.4. The molecule has 1 aromatic rings. The van der Waals surface area contributed by atoms with E-state index in [2.05, 4.69) is 20.9 Å². The van der Waals surface area contributed by atoms with Gasteiger partial charge >= 0.3 is 0 Å². The zero-order chi connectivity index (χ0) is 17.2. The highest BCUT2D eigenvalue weighted by Crippen LogP contribution is 2.39. The summed E-state index contributed by atoms with van der Waals surface area (Å²) < 4.78 is 0. The molecule has 0 aliphatic carbocycles. The first-order chi connectivity index (χ1) is 11.5. The van der Waals surface area contributed by atoms with Crippen molar-refractivity contribution in [1.82, 2.24) is 20.5 Å². The van der Waals surface area contributed by atoms with Gasteiger partial charge in [0.25, 0.3) is 0 Å². The Kier molecular flexibility index (Phi) is 4.81. The molecule has 3 N–H and O–H groups in total. The summed E-state index contributed by atoms with van der Waals surface area (Å²) in [5.74, 6) is -0.131. The number of hydrogen-bond donors (Lipinski definition) is 3. The first-order valence-electron chi connectivity index (χ1n) is 7.95. The third-order valence-corrected chi connectivity index (χ3v) is 5.43. The van der Waals surface area contributed by atoms with Crippen molar-refractivity contribution in [3.05, 3.63) is 11.6 Å². The number of amides is 3. The summed E-state index contributed by atoms with van der Waals surface area (Å²) >= 11 is 1.35. The van der Waals surface area contributed by atoms with Gasteiger partial charge in [0.1, 0.15) is 0 Å². The van der Waals surface area contributed by atoms with Gasteiger partial charge in [-0.05, 0) is 0 Å². The minimum Gasteiger partial charge on any atom is -0.355 e. The lowest BCUT2D eigenvalue weighted by Crippen LogP contribution is -2.48. The molecule has 0 unspecified atom stereocenters. The highest BCUT2D eigenvalue weighted by atomic mass is 32.1. The van der Waals surface area contributed by atoms with Gasteiger partial charge in [0.05, 0.1) is 5.41 Å². The van der Waals surface area contributed by atoms with Crippen LogP contribution >= 0.6 is 11.3 Å². The monoisotopic (exact) mass is 351 g/mol. The number of aromatic nitrogens is 1. The predicted octanol–water partition coefficient (Wildman–Crippen LogP) is -0.344. The maximum absolute atomic E-state index is 12.7. The van der Waals surface area contributed by atoms with Crippen LogP contribution in [0, 0.1) is 11.3 Å². The Balaban J connectivity index is 1.51. The van der Waals surface area contributed by atoms with Gasteiger partial charge in [-0.2, -0.15) is 0 Å². The number of carbonyl (C=O) groups excluding carboxylic acids is 3. The third kappa shape index (κ3) is 3.27. The molecule has 8 nitrogen and oxygen atoms in total. The van der Waals surface area contributed by atoms with Crippen LogP contribution in [0.2, 0.25) is 0 Å². The van der Waals surface area contributed by atoms with Gasteiger partial charge in [0.15, 0.2) is 5.13 Å². The topological polar surface area (TPSA) is 103 Å². The zero-order valence-corrected chi connectivity index (χ0v) is 14.3. The molecular weight excluding hydrogens is 330 g/mol. The Bertz CT molecular complexity index is 635. The van der Waals surface area contributed by atoms with Gasteiger partial charge < -0.3 is 20.9 Å². The van der Waals surface area contributed by atoms with Crippen molar-refractivity contribution in [3.8, 4) is 0 Å². The molecule has 0 radical (unpaired) electrons. The van der Waals surface area contributed by atoms with Crippen LogP contribution in [0.5, 0.6) is 0 Å². The fourth-order valence-corrected chi connectivity index (χ4v) is 3.96. The van der Waals surface area contributed by atoms with E-state index >= 15 is 0 Å². The van der Waals surface area contributed by atoms with Gasteiger partial charge in [-0.3, -0.25) is 14.4 Å². The summed E-state index contributed by atoms with van der Waals surface area (Å²) in [6, 6.07) is 0. The Labute approximate surface area is 144 Å². The summed E-state index contributed by atoms with van der Waals surface area (Å²) in [6.07, 6.45) is 1.81. The zero-order valence-electron chi connectivity index (χ0n) is 13.5. The van der Waals surface area contributed by atoms with Crippen LogP contribution in [0.15, 0.2) is 11.6 Å². The van der Waals surface area contributed by atoms with Crippen molar-refractivity contribution >= 4 is 34.2 Å². The van der Waals surface area contributed by atoms with Gasteiger partial charge in [-0.1, -0.05) is 0 Å². The maximum Gasteiger partial charge on any atom is 0.229 e. The van der Waals surface area contributed by atoms with Gasteiger partial charge in [0.2, 0.25) is 17.7 Å². The molecule has 3 heterocycles. The quantitative estimate of drug-likeness (QED) is 0.673. The Hall–Kier alpha value is -2.00. The van der Waals surface area contributed by atoms with Gasteiger partial charge in [0, 0.05) is 63.6 Å². The smallest absolute Gasteiger partial charge is 0.229 e. The van der Waals surface area contributed by atoms with Crippen LogP contribution < -0.4 is 16.0 Å². The van der Waals surface area contributed by atoms with Crippen molar-refractivity contribution in [2.45, 2.75) is 13.3 Å². The predicted molar refractivity (Wildman–Crippen MR) is 89.4 cm³/mol. The second kappa shape index (κ2) is 6.86. The molecule has 3 amide bonds. The summed E-state index contributed by atoms with van der Waals surface area (Å²) in [4.78, 5) is 41.8. The van der Waals surface area contributed by atoms with E-state index in [-0.39, 0.29) is 36.6 Å². The van der Waals surface area contributed by atoms with Crippen molar-refractivity contribution in [1.29, 1.82) is 0 Å². The van der Waals surface area contributed by atoms with Crippen molar-refractivity contribution in [2.24, 2.45) is 11.3 Å². The largest absolute Gasteiger partial charge is 0.355 e. The second-order valence-corrected chi connectivity index (χ2v) is 7.17. The number of likely N-dealkylation sites (tertiary alicyclic amines) is 1. The van der Waals surface area contributed by atoms with Gasteiger partial charge in [-0.15, -0.1) is 11.3 Å². The third-order valence-electron chi connectivity index (χ3n) is 4.74. The summed E-state index contributed by atoms with van der Waals surface area (Å²) in [6.45, 7) is 4.16. The number of nitrogens with one attached hydrogen (secondary N) is 3. The van der Waals surface area contributed by atoms with E-state index in [1.54, 1.807) is 16.5 Å². The van der Waals surface area contributed by atoms with Crippen LogP contribution in [0.3, 0.4) is 0 Å². The molecular formula is C15H21N5O3S. The van der Waals surface area contributed by atoms with Crippen molar-refractivity contribution in [3.63, 3.8) is 0 Å². The number of hydrogen-bond acceptors (Lipinski definition) is 6. The second-order valence-electron chi connectivity index (χ2n) is 6.27. The number of fused-ring (bicyclic) bond motifs is 1. The molecule has 1 aromatic heterocycles. The number of rotatable bonds is 5. The standard InChI is InChI=1S/C15H21N5O3S/c1-10(21)20-7-11-6-16-8-15(11,9-20)13(23)17-3-2-12(22)19-14-18-4-5-24-14/h4-5,11,16H,2-3,6-9H2,1H3,(H,17,23)(H,18,19,22)/t11-,15-/m1/s1. The van der Waals surface area contributed by atoms with Crippen LogP contribution in [0.25, 0.3) is 0 Å². The number of nitrogens with zero attached hydrogens (tertiary/aromatic N) is 2. The lowest BCUT2D eigenvalue weighted by atomic mass is 9.80. The number of thiazole rings is 1. The van der Waals surface area contributed by atoms with Gasteiger partial charge in [-0.25, -0.2) is 4.98 Å². The average Bonchev–Trinajstić information content (AvgIpc) is 3.21. The van der Waals surface area contributed by atoms with E-state index in [9.17, 15) is 14.4 Å². The van der Waals surface area contributed by atoms with E-state index in [4.69, 9.17) is 0 Å². The molecule has 9 heteroatoms. The van der Waals surface area contributed by atoms with Crippen molar-refractivity contribution in [2.75, 3.05) is 38.0 Å². The first-order valence-corrected chi connectivity index (χ1v) is 8.83. The van der Waals surface area contributed by atoms with Crippen LogP contribution in [0.4, 0.5) is 5.13 Å². The summed E-state index contributed by atoms with van der Waals surface area (Å²) in [5, 5.41) is 11.1. The summed E-state index contributed by atoms with van der Waals surface area (Å²) in [5.41, 5.74) is -0.572. The maximum atomic E-state index is 12.7. The fraction of sp³-hybridized carbons (Fsp3) is 0.600. The molecule has 0 bridgehead atoms. The van der Waals surface area contributed by atoms with E-state index in [1.807, 2.05) is 0 Å². The fourth-order valence-electron chi connectivity index (χ4n) is 3.41. The molecule has 130 valence electrons. The molecule has 2 fully saturated rings. The first kappa shape index (κ1) is 16.8. The Morgan fingerprint density at radius 2 is 2.33 bits per heavy atom. The molecule has 2 saturated heterocycles. The van der Waals surface area contributed by atoms with E-state index in [0.717, 1.165) is 6.54 Å². The van der Waals surface area contributed by atoms with Crippen molar-refractivity contribution < 1.29 is 14.4 Å². The molecule has 0 saturated carbocycles. The lowest BCUT2D eigenvalue weighted by molar-refractivity contribution is -0.132. The molecule has 2 atom stereocenters. The molecule has 2 aliphatic heterocycles. The minimum absolute atomic E-state index is 0.000555. The molecule has 0 aromatic carbocycles. The SMILES string of the molecule is CC(=O)N1C[C@H]2CNC[C@@]2(C(=O)NCCC(=O)Nc2nccs2)C1. The lowest BCUT2D eigenvalue weighted by Gasteiger charge is -2.26. The van der Waals surface area contributed by atoms with E-state index in [0.29, 0.717) is 24.8 Å². The van der Waals surface area contributed by atoms with Crippen LogP contribution in [-0.4, -0.2) is 60.3 Å². The number of carbonyl (C=O) groups is 3. The van der Waals surface area contributed by atoms with Crippen LogP contribution in [0.1, 0.15) is 13.3 Å². The minimum atomic E-state index is -0.572. The molecule has 24 heavy (non-hydrogen) atoms. The highest BCUT2D eigenvalue weighted by Gasteiger charge is 2.55. The molecule has 2 aliphatic rings. The van der Waals surface area contributed by atoms with E-state index < -0.39 is 5.41 Å². The average molecular weight is 351 g/mol. The highest BCUT2D eigenvalue weighted by molar-refractivity contribution is 7.13. The van der Waals surface area contributed by atoms with E-state index in [1.165, 1.54) is 18.3 Å². The molecule has 3 rings (SSSR count). The molecule has 0 spiro atoms. The summed E-state index contributed by atoms with van der Waals surface area (Å²) in [7, 11) is 0. The number of anilines is 1.